The molecule has 3 aromatic rings. The van der Waals surface area contributed by atoms with Crippen molar-refractivity contribution in [2.45, 2.75) is 12.5 Å². The van der Waals surface area contributed by atoms with Gasteiger partial charge in [-0.2, -0.15) is 0 Å². The average molecular weight is 511 g/mol. The van der Waals surface area contributed by atoms with Gasteiger partial charge in [-0.3, -0.25) is 9.80 Å². The molecule has 1 saturated heterocycles. The van der Waals surface area contributed by atoms with Crippen LogP contribution in [0.3, 0.4) is 0 Å². The lowest BCUT2D eigenvalue weighted by molar-refractivity contribution is 0.182. The van der Waals surface area contributed by atoms with Crippen LogP contribution in [0.5, 0.6) is 0 Å². The zero-order valence-electron chi connectivity index (χ0n) is 19.0. The van der Waals surface area contributed by atoms with E-state index in [0.29, 0.717) is 6.04 Å². The van der Waals surface area contributed by atoms with E-state index in [1.807, 2.05) is 18.5 Å². The highest BCUT2D eigenvalue weighted by Crippen LogP contribution is 2.24. The highest BCUT2D eigenvalue weighted by molar-refractivity contribution is 5.86. The lowest BCUT2D eigenvalue weighted by Crippen LogP contribution is -2.49. The van der Waals surface area contributed by atoms with Crippen molar-refractivity contribution >= 4 is 43.2 Å². The van der Waals surface area contributed by atoms with Crippen molar-refractivity contribution in [2.24, 2.45) is 0 Å². The Morgan fingerprint density at radius 1 is 0.788 bits per heavy atom. The minimum absolute atomic E-state index is 0. The first kappa shape index (κ1) is 29.1. The van der Waals surface area contributed by atoms with Crippen molar-refractivity contribution in [3.63, 3.8) is 0 Å². The molecule has 2 heterocycles. The van der Waals surface area contributed by atoms with Crippen LogP contribution in [0.2, 0.25) is 0 Å². The molecule has 2 aromatic carbocycles. The van der Waals surface area contributed by atoms with Crippen molar-refractivity contribution in [3.8, 4) is 0 Å². The molecule has 0 aliphatic carbocycles. The summed E-state index contributed by atoms with van der Waals surface area (Å²) in [5.41, 5.74) is 2.77. The molecule has 33 heavy (non-hydrogen) atoms. The zero-order valence-corrected chi connectivity index (χ0v) is 21.4. The Balaban J connectivity index is 0.00000181. The van der Waals surface area contributed by atoms with E-state index in [0.717, 1.165) is 51.6 Å². The van der Waals surface area contributed by atoms with E-state index in [1.54, 1.807) is 0 Å². The van der Waals surface area contributed by atoms with Crippen LogP contribution in [-0.4, -0.2) is 66.1 Å². The number of hydrogen-bond donors (Lipinski definition) is 0. The van der Waals surface area contributed by atoms with Crippen LogP contribution in [0.15, 0.2) is 79.1 Å². The van der Waals surface area contributed by atoms with Crippen LogP contribution in [0.1, 0.15) is 17.2 Å². The second kappa shape index (κ2) is 15.1. The SMILES string of the molecule is CN(CCN1CCN(c2ncccn2)CC1)C(Cc1ccccc1)c1ccccc1.Cl.Cl.Cl. The van der Waals surface area contributed by atoms with Gasteiger partial charge in [0, 0.05) is 57.7 Å². The Bertz CT molecular complexity index is 878. The Kier molecular flexibility index (Phi) is 13.3. The van der Waals surface area contributed by atoms with E-state index in [4.69, 9.17) is 0 Å². The standard InChI is InChI=1S/C25H31N5.3ClH/c1-28(15-16-29-17-19-30(20-18-29)25-26-13-8-14-27-25)24(23-11-6-3-7-12-23)21-22-9-4-2-5-10-22;;;/h2-14,24H,15-21H2,1H3;3*1H. The number of halogens is 3. The lowest BCUT2D eigenvalue weighted by Gasteiger charge is -2.36. The number of likely N-dealkylation sites (N-methyl/N-ethyl adjacent to an activating group) is 1. The molecule has 0 amide bonds. The maximum Gasteiger partial charge on any atom is 0.225 e. The quantitative estimate of drug-likeness (QED) is 0.436. The van der Waals surface area contributed by atoms with Gasteiger partial charge in [-0.15, -0.1) is 37.2 Å². The van der Waals surface area contributed by atoms with Crippen molar-refractivity contribution in [3.05, 3.63) is 90.3 Å². The Morgan fingerprint density at radius 2 is 1.36 bits per heavy atom. The third-order valence-corrected chi connectivity index (χ3v) is 5.96. The van der Waals surface area contributed by atoms with Crippen molar-refractivity contribution in [1.82, 2.24) is 19.8 Å². The highest BCUT2D eigenvalue weighted by atomic mass is 35.5. The van der Waals surface area contributed by atoms with Gasteiger partial charge in [0.2, 0.25) is 5.95 Å². The molecule has 0 N–H and O–H groups in total. The van der Waals surface area contributed by atoms with Crippen LogP contribution in [0, 0.1) is 0 Å². The van der Waals surface area contributed by atoms with Gasteiger partial charge in [0.05, 0.1) is 0 Å². The van der Waals surface area contributed by atoms with Gasteiger partial charge < -0.3 is 4.90 Å². The Morgan fingerprint density at radius 3 is 1.97 bits per heavy atom. The maximum absolute atomic E-state index is 4.39. The minimum atomic E-state index is 0. The molecule has 8 heteroatoms. The summed E-state index contributed by atoms with van der Waals surface area (Å²) >= 11 is 0. The average Bonchev–Trinajstić information content (AvgIpc) is 2.83. The molecule has 5 nitrogen and oxygen atoms in total. The van der Waals surface area contributed by atoms with E-state index in [-0.39, 0.29) is 37.2 Å². The summed E-state index contributed by atoms with van der Waals surface area (Å²) in [7, 11) is 2.26. The minimum Gasteiger partial charge on any atom is -0.338 e. The normalized spacial score (nSPS) is 14.5. The number of nitrogens with zero attached hydrogens (tertiary/aromatic N) is 5. The smallest absolute Gasteiger partial charge is 0.225 e. The molecule has 4 rings (SSSR count). The second-order valence-corrected chi connectivity index (χ2v) is 7.97. The van der Waals surface area contributed by atoms with E-state index < -0.39 is 0 Å². The molecule has 180 valence electrons. The molecule has 1 aromatic heterocycles. The zero-order chi connectivity index (χ0) is 20.6. The number of benzene rings is 2. The third kappa shape index (κ3) is 8.43. The number of aromatic nitrogens is 2. The fourth-order valence-electron chi connectivity index (χ4n) is 4.12. The van der Waals surface area contributed by atoms with Crippen LogP contribution >= 0.6 is 37.2 Å². The third-order valence-electron chi connectivity index (χ3n) is 5.96. The molecule has 1 aliphatic heterocycles. The first-order chi connectivity index (χ1) is 14.8. The predicted octanol–water partition coefficient (Wildman–Crippen LogP) is 4.78. The number of rotatable bonds is 8. The fraction of sp³-hybridized carbons (Fsp3) is 0.360. The Labute approximate surface area is 216 Å². The van der Waals surface area contributed by atoms with E-state index >= 15 is 0 Å². The summed E-state index contributed by atoms with van der Waals surface area (Å²) in [6, 6.07) is 24.0. The summed E-state index contributed by atoms with van der Waals surface area (Å²) < 4.78 is 0. The van der Waals surface area contributed by atoms with Gasteiger partial charge in [-0.25, -0.2) is 9.97 Å². The molecule has 0 spiro atoms. The highest BCUT2D eigenvalue weighted by Gasteiger charge is 2.21. The molecule has 1 unspecified atom stereocenters. The largest absolute Gasteiger partial charge is 0.338 e. The molecule has 1 aliphatic rings. The van der Waals surface area contributed by atoms with Gasteiger partial charge in [0.25, 0.3) is 0 Å². The van der Waals surface area contributed by atoms with Crippen molar-refractivity contribution in [1.29, 1.82) is 0 Å². The summed E-state index contributed by atoms with van der Waals surface area (Å²) in [4.78, 5) is 16.1. The van der Waals surface area contributed by atoms with Crippen molar-refractivity contribution in [2.75, 3.05) is 51.2 Å². The molecule has 1 atom stereocenters. The van der Waals surface area contributed by atoms with Crippen LogP contribution in [0.4, 0.5) is 5.95 Å². The van der Waals surface area contributed by atoms with Gasteiger partial charge in [0.1, 0.15) is 0 Å². The molecule has 0 bridgehead atoms. The van der Waals surface area contributed by atoms with Gasteiger partial charge in [-0.05, 0) is 30.7 Å². The predicted molar refractivity (Wildman–Crippen MR) is 144 cm³/mol. The van der Waals surface area contributed by atoms with E-state index in [1.165, 1.54) is 11.1 Å². The van der Waals surface area contributed by atoms with Crippen LogP contribution in [-0.2, 0) is 6.42 Å². The summed E-state index contributed by atoms with van der Waals surface area (Å²) in [5.74, 6) is 0.848. The topological polar surface area (TPSA) is 35.5 Å². The summed E-state index contributed by atoms with van der Waals surface area (Å²) in [5, 5.41) is 0. The van der Waals surface area contributed by atoms with Gasteiger partial charge in [-0.1, -0.05) is 60.7 Å². The molecule has 0 saturated carbocycles. The second-order valence-electron chi connectivity index (χ2n) is 7.97. The first-order valence-corrected chi connectivity index (χ1v) is 10.8. The van der Waals surface area contributed by atoms with Crippen molar-refractivity contribution < 1.29 is 0 Å². The van der Waals surface area contributed by atoms with Crippen LogP contribution in [0.25, 0.3) is 0 Å². The summed E-state index contributed by atoms with van der Waals surface area (Å²) in [6.45, 7) is 6.22. The van der Waals surface area contributed by atoms with Gasteiger partial charge >= 0.3 is 0 Å². The lowest BCUT2D eigenvalue weighted by atomic mass is 9.97. The van der Waals surface area contributed by atoms with Gasteiger partial charge in [0.15, 0.2) is 0 Å². The molecule has 1 fully saturated rings. The monoisotopic (exact) mass is 509 g/mol. The van der Waals surface area contributed by atoms with E-state index in [9.17, 15) is 0 Å². The Hall–Kier alpha value is -1.89. The summed E-state index contributed by atoms with van der Waals surface area (Å²) in [6.07, 6.45) is 4.67. The van der Waals surface area contributed by atoms with E-state index in [2.05, 4.69) is 92.4 Å². The fourth-order valence-corrected chi connectivity index (χ4v) is 4.12. The van der Waals surface area contributed by atoms with Crippen LogP contribution < -0.4 is 4.90 Å². The molecular weight excluding hydrogens is 477 g/mol. The molecule has 0 radical (unpaired) electrons. The molecular formula is C25H34Cl3N5. The first-order valence-electron chi connectivity index (χ1n) is 10.8. The maximum atomic E-state index is 4.39. The number of piperazine rings is 1. The number of anilines is 1. The number of hydrogen-bond acceptors (Lipinski definition) is 5.